The quantitative estimate of drug-likeness (QED) is 0.604. The minimum absolute atomic E-state index is 0.0375. The lowest BCUT2D eigenvalue weighted by molar-refractivity contribution is -0.140. The fourth-order valence-electron chi connectivity index (χ4n) is 3.22. The molecule has 0 spiro atoms. The number of ether oxygens (including phenoxy) is 2. The molecule has 174 valence electrons. The monoisotopic (exact) mass is 455 g/mol. The number of hydrogen-bond donors (Lipinski definition) is 1. The molecule has 0 radical (unpaired) electrons. The van der Waals surface area contributed by atoms with Gasteiger partial charge in [0.05, 0.1) is 25.8 Å². The molecule has 1 aliphatic rings. The first-order valence-electron chi connectivity index (χ1n) is 10.1. The molecule has 1 N–H and O–H groups in total. The second-order valence-electron chi connectivity index (χ2n) is 7.21. The van der Waals surface area contributed by atoms with Gasteiger partial charge in [-0.2, -0.15) is 18.3 Å². The number of halogens is 3. The van der Waals surface area contributed by atoms with Crippen molar-refractivity contribution in [2.24, 2.45) is 0 Å². The van der Waals surface area contributed by atoms with Gasteiger partial charge in [0.15, 0.2) is 11.3 Å². The van der Waals surface area contributed by atoms with E-state index in [2.05, 4.69) is 15.0 Å². The van der Waals surface area contributed by atoms with Gasteiger partial charge >= 0.3 is 6.18 Å². The fourth-order valence-corrected chi connectivity index (χ4v) is 3.22. The molecule has 3 heterocycles. The Kier molecular flexibility index (Phi) is 7.67. The van der Waals surface area contributed by atoms with Crippen LogP contribution in [0.25, 0.3) is 0 Å². The highest BCUT2D eigenvalue weighted by Gasteiger charge is 2.38. The van der Waals surface area contributed by atoms with E-state index in [0.717, 1.165) is 17.6 Å². The maximum Gasteiger partial charge on any atom is 0.425 e. The molecule has 2 aromatic rings. The zero-order chi connectivity index (χ0) is 23.1. The number of aryl methyl sites for hydroxylation is 1. The van der Waals surface area contributed by atoms with Crippen LogP contribution in [0.2, 0.25) is 0 Å². The van der Waals surface area contributed by atoms with E-state index in [1.54, 1.807) is 10.00 Å². The first kappa shape index (κ1) is 23.5. The highest BCUT2D eigenvalue weighted by molar-refractivity contribution is 5.76. The Labute approximate surface area is 182 Å². The van der Waals surface area contributed by atoms with Gasteiger partial charge in [0, 0.05) is 32.4 Å². The van der Waals surface area contributed by atoms with E-state index in [0.29, 0.717) is 26.2 Å². The fraction of sp³-hybridized carbons (Fsp3) is 0.500. The van der Waals surface area contributed by atoms with E-state index in [1.165, 1.54) is 0 Å². The van der Waals surface area contributed by atoms with Crippen molar-refractivity contribution in [1.29, 1.82) is 0 Å². The van der Waals surface area contributed by atoms with Crippen LogP contribution in [0.5, 0.6) is 5.75 Å². The number of carbonyl (C=O) groups is 1. The topological polar surface area (TPSA) is 101 Å². The van der Waals surface area contributed by atoms with Crippen LogP contribution in [0.1, 0.15) is 17.5 Å². The Bertz CT molecular complexity index is 957. The van der Waals surface area contributed by atoms with Gasteiger partial charge in [0.25, 0.3) is 5.56 Å². The lowest BCUT2D eigenvalue weighted by Crippen LogP contribution is -2.49. The van der Waals surface area contributed by atoms with E-state index in [9.17, 15) is 22.8 Å². The van der Waals surface area contributed by atoms with Crippen LogP contribution >= 0.6 is 0 Å². The normalized spacial score (nSPS) is 14.5. The number of H-pyrrole nitrogens is 1. The number of piperazine rings is 1. The van der Waals surface area contributed by atoms with Crippen molar-refractivity contribution in [1.82, 2.24) is 20.1 Å². The number of aromatic nitrogens is 3. The number of hydrogen-bond acceptors (Lipinski definition) is 7. The summed E-state index contributed by atoms with van der Waals surface area (Å²) in [5, 5.41) is 5.05. The molecule has 0 bridgehead atoms. The van der Waals surface area contributed by atoms with Gasteiger partial charge < -0.3 is 19.3 Å². The molecule has 0 saturated carbocycles. The van der Waals surface area contributed by atoms with Gasteiger partial charge in [-0.1, -0.05) is 6.07 Å². The number of rotatable bonds is 8. The number of anilines is 1. The lowest BCUT2D eigenvalue weighted by Gasteiger charge is -2.35. The first-order valence-corrected chi connectivity index (χ1v) is 10.1. The van der Waals surface area contributed by atoms with Crippen molar-refractivity contribution in [2.75, 3.05) is 50.9 Å². The van der Waals surface area contributed by atoms with E-state index in [4.69, 9.17) is 9.47 Å². The number of pyridine rings is 1. The van der Waals surface area contributed by atoms with Crippen LogP contribution in [0.15, 0.2) is 29.3 Å². The van der Waals surface area contributed by atoms with Crippen molar-refractivity contribution in [3.05, 3.63) is 46.0 Å². The van der Waals surface area contributed by atoms with Crippen molar-refractivity contribution in [3.63, 3.8) is 0 Å². The summed E-state index contributed by atoms with van der Waals surface area (Å²) in [6.45, 7) is 4.35. The molecule has 12 heteroatoms. The Morgan fingerprint density at radius 1 is 1.12 bits per heavy atom. The summed E-state index contributed by atoms with van der Waals surface area (Å²) < 4.78 is 49.1. The van der Waals surface area contributed by atoms with Crippen LogP contribution in [0.4, 0.5) is 19.0 Å². The summed E-state index contributed by atoms with van der Waals surface area (Å²) in [7, 11) is 0. The van der Waals surface area contributed by atoms with E-state index in [1.807, 2.05) is 25.3 Å². The third-order valence-electron chi connectivity index (χ3n) is 4.90. The summed E-state index contributed by atoms with van der Waals surface area (Å²) in [6, 6.07) is 3.96. The smallest absolute Gasteiger partial charge is 0.425 e. The molecule has 1 fully saturated rings. The highest BCUT2D eigenvalue weighted by atomic mass is 19.4. The third-order valence-corrected chi connectivity index (χ3v) is 4.90. The number of nitrogens with zero attached hydrogens (tertiary/aromatic N) is 4. The number of alkyl halides is 3. The highest BCUT2D eigenvalue weighted by Crippen LogP contribution is 2.32. The molecular formula is C20H24F3N5O4. The van der Waals surface area contributed by atoms with Crippen LogP contribution in [-0.4, -0.2) is 72.0 Å². The molecule has 3 rings (SSSR count). The first-order chi connectivity index (χ1) is 15.3. The third kappa shape index (κ3) is 6.19. The summed E-state index contributed by atoms with van der Waals surface area (Å²) in [5.41, 5.74) is -1.73. The number of carbonyl (C=O) groups excluding carboxylic acids is 1. The SMILES string of the molecule is Cc1ccc(N2CCN(C(=O)CCOCCOc3cn[nH]c(=O)c3C(F)(F)F)CC2)nc1. The molecule has 9 nitrogen and oxygen atoms in total. The minimum Gasteiger partial charge on any atom is -0.489 e. The zero-order valence-corrected chi connectivity index (χ0v) is 17.5. The lowest BCUT2D eigenvalue weighted by atomic mass is 10.2. The second-order valence-corrected chi connectivity index (χ2v) is 7.21. The van der Waals surface area contributed by atoms with Gasteiger partial charge in [0.1, 0.15) is 12.4 Å². The standard InChI is InChI=1S/C20H24F3N5O4/c1-14-2-3-16(24-12-14)27-5-7-28(8-6-27)17(29)4-9-31-10-11-32-15-13-25-26-19(30)18(15)20(21,22)23/h2-3,12-13H,4-11H2,1H3,(H,26,30). The van der Waals surface area contributed by atoms with Gasteiger partial charge in [-0.3, -0.25) is 9.59 Å². The average Bonchev–Trinajstić information content (AvgIpc) is 2.76. The molecule has 1 aliphatic heterocycles. The zero-order valence-electron chi connectivity index (χ0n) is 17.5. The molecule has 2 aromatic heterocycles. The van der Waals surface area contributed by atoms with E-state index < -0.39 is 23.0 Å². The Hall–Kier alpha value is -3.15. The van der Waals surface area contributed by atoms with Crippen LogP contribution in [0, 0.1) is 6.92 Å². The predicted octanol–water partition coefficient (Wildman–Crippen LogP) is 1.63. The molecule has 1 amide bonds. The minimum atomic E-state index is -4.86. The van der Waals surface area contributed by atoms with Gasteiger partial charge in [0.2, 0.25) is 5.91 Å². The van der Waals surface area contributed by atoms with Crippen LogP contribution in [-0.2, 0) is 15.7 Å². The molecule has 1 saturated heterocycles. The van der Waals surface area contributed by atoms with Gasteiger partial charge in [-0.15, -0.1) is 0 Å². The Morgan fingerprint density at radius 2 is 1.88 bits per heavy atom. The van der Waals surface area contributed by atoms with Crippen LogP contribution < -0.4 is 15.2 Å². The molecule has 32 heavy (non-hydrogen) atoms. The molecule has 0 atom stereocenters. The van der Waals surface area contributed by atoms with Gasteiger partial charge in [-0.25, -0.2) is 10.1 Å². The molecular weight excluding hydrogens is 431 g/mol. The Balaban J connectivity index is 1.35. The van der Waals surface area contributed by atoms with E-state index in [-0.39, 0.29) is 32.1 Å². The predicted molar refractivity (Wildman–Crippen MR) is 109 cm³/mol. The second kappa shape index (κ2) is 10.4. The van der Waals surface area contributed by atoms with Crippen molar-refractivity contribution < 1.29 is 27.4 Å². The maximum absolute atomic E-state index is 12.9. The Morgan fingerprint density at radius 3 is 2.53 bits per heavy atom. The average molecular weight is 455 g/mol. The summed E-state index contributed by atoms with van der Waals surface area (Å²) in [6.07, 6.45) is -2.11. The summed E-state index contributed by atoms with van der Waals surface area (Å²) in [4.78, 5) is 32.0. The van der Waals surface area contributed by atoms with E-state index >= 15 is 0 Å². The van der Waals surface area contributed by atoms with Gasteiger partial charge in [-0.05, 0) is 18.6 Å². The van der Waals surface area contributed by atoms with Crippen molar-refractivity contribution in [3.8, 4) is 5.75 Å². The summed E-state index contributed by atoms with van der Waals surface area (Å²) in [5.74, 6) is 0.165. The largest absolute Gasteiger partial charge is 0.489 e. The molecule has 0 unspecified atom stereocenters. The molecule has 0 aromatic carbocycles. The van der Waals surface area contributed by atoms with Crippen molar-refractivity contribution >= 4 is 11.7 Å². The number of aromatic amines is 1. The maximum atomic E-state index is 12.9. The number of amides is 1. The number of nitrogens with one attached hydrogen (secondary N) is 1. The summed E-state index contributed by atoms with van der Waals surface area (Å²) >= 11 is 0. The molecule has 0 aliphatic carbocycles. The van der Waals surface area contributed by atoms with Crippen LogP contribution in [0.3, 0.4) is 0 Å². The van der Waals surface area contributed by atoms with Crippen molar-refractivity contribution in [2.45, 2.75) is 19.5 Å².